The molecule has 0 heterocycles. The number of ether oxygens (including phenoxy) is 3. The Morgan fingerprint density at radius 2 is 1.56 bits per heavy atom. The second-order valence-corrected chi connectivity index (χ2v) is 6.84. The minimum atomic E-state index is -0.181. The van der Waals surface area contributed by atoms with E-state index in [0.717, 1.165) is 18.4 Å². The lowest BCUT2D eigenvalue weighted by Gasteiger charge is -2.20. The fourth-order valence-electron chi connectivity index (χ4n) is 3.60. The van der Waals surface area contributed by atoms with Gasteiger partial charge in [-0.05, 0) is 61.4 Å². The summed E-state index contributed by atoms with van der Waals surface area (Å²) in [6, 6.07) is 9.78. The molecule has 0 saturated carbocycles. The minimum Gasteiger partial charge on any atom is -0.493 e. The Kier molecular flexibility index (Phi) is 5.89. The second-order valence-electron chi connectivity index (χ2n) is 6.84. The number of hydrogen-bond acceptors (Lipinski definition) is 4. The van der Waals surface area contributed by atoms with Crippen LogP contribution in [0.5, 0.6) is 17.2 Å². The average molecular weight is 369 g/mol. The van der Waals surface area contributed by atoms with Gasteiger partial charge in [0.25, 0.3) is 5.91 Å². The third kappa shape index (κ3) is 4.02. The van der Waals surface area contributed by atoms with Crippen LogP contribution in [-0.2, 0) is 12.8 Å². The quantitative estimate of drug-likeness (QED) is 0.833. The Morgan fingerprint density at radius 3 is 2.15 bits per heavy atom. The second kappa shape index (κ2) is 8.33. The molecule has 0 spiro atoms. The molecule has 0 aliphatic heterocycles. The van der Waals surface area contributed by atoms with Crippen molar-refractivity contribution in [2.24, 2.45) is 0 Å². The smallest absolute Gasteiger partial charge is 0.252 e. The molecule has 3 rings (SSSR count). The number of aryl methyl sites for hydroxylation is 2. The SMILES string of the molecule is COc1cc(C(=O)N[C@H](C)c2ccc3c(c2)CCCC3)cc(OC)c1OC. The molecule has 0 radical (unpaired) electrons. The summed E-state index contributed by atoms with van der Waals surface area (Å²) in [6.45, 7) is 2.00. The van der Waals surface area contributed by atoms with Gasteiger partial charge < -0.3 is 19.5 Å². The molecule has 0 aromatic heterocycles. The van der Waals surface area contributed by atoms with Crippen molar-refractivity contribution in [1.29, 1.82) is 0 Å². The summed E-state index contributed by atoms with van der Waals surface area (Å²) in [5.41, 5.74) is 4.44. The van der Waals surface area contributed by atoms with Gasteiger partial charge in [-0.2, -0.15) is 0 Å². The van der Waals surface area contributed by atoms with Gasteiger partial charge in [-0.15, -0.1) is 0 Å². The van der Waals surface area contributed by atoms with Gasteiger partial charge in [0.05, 0.1) is 27.4 Å². The summed E-state index contributed by atoms with van der Waals surface area (Å²) < 4.78 is 16.0. The number of carbonyl (C=O) groups is 1. The molecule has 0 fully saturated rings. The molecule has 1 amide bonds. The maximum atomic E-state index is 12.8. The topological polar surface area (TPSA) is 56.8 Å². The first-order valence-electron chi connectivity index (χ1n) is 9.30. The van der Waals surface area contributed by atoms with Crippen LogP contribution in [0, 0.1) is 0 Å². The predicted octanol–water partition coefficient (Wildman–Crippen LogP) is 4.08. The number of amides is 1. The third-order valence-corrected chi connectivity index (χ3v) is 5.15. The fraction of sp³-hybridized carbons (Fsp3) is 0.409. The monoisotopic (exact) mass is 369 g/mol. The zero-order valence-corrected chi connectivity index (χ0v) is 16.4. The fourth-order valence-corrected chi connectivity index (χ4v) is 3.60. The summed E-state index contributed by atoms with van der Waals surface area (Å²) in [5, 5.41) is 3.07. The van der Waals surface area contributed by atoms with Crippen molar-refractivity contribution in [1.82, 2.24) is 5.32 Å². The maximum absolute atomic E-state index is 12.8. The molecule has 1 atom stereocenters. The lowest BCUT2D eigenvalue weighted by Crippen LogP contribution is -2.27. The minimum absolute atomic E-state index is 0.0937. The first-order chi connectivity index (χ1) is 13.1. The first kappa shape index (κ1) is 19.1. The summed E-state index contributed by atoms with van der Waals surface area (Å²) in [5.74, 6) is 1.21. The van der Waals surface area contributed by atoms with Gasteiger partial charge in [0.2, 0.25) is 5.75 Å². The Labute approximate surface area is 160 Å². The van der Waals surface area contributed by atoms with Crippen molar-refractivity contribution in [3.05, 3.63) is 52.6 Å². The van der Waals surface area contributed by atoms with E-state index < -0.39 is 0 Å². The molecule has 2 aromatic carbocycles. The van der Waals surface area contributed by atoms with E-state index in [9.17, 15) is 4.79 Å². The van der Waals surface area contributed by atoms with Gasteiger partial charge in [-0.3, -0.25) is 4.79 Å². The number of carbonyl (C=O) groups excluding carboxylic acids is 1. The van der Waals surface area contributed by atoms with Crippen molar-refractivity contribution in [3.63, 3.8) is 0 Å². The van der Waals surface area contributed by atoms with E-state index in [0.29, 0.717) is 22.8 Å². The molecule has 1 aliphatic carbocycles. The van der Waals surface area contributed by atoms with Gasteiger partial charge in [0.15, 0.2) is 11.5 Å². The van der Waals surface area contributed by atoms with Crippen LogP contribution < -0.4 is 19.5 Å². The van der Waals surface area contributed by atoms with Crippen LogP contribution in [0.1, 0.15) is 52.9 Å². The van der Waals surface area contributed by atoms with Crippen LogP contribution in [0.25, 0.3) is 0 Å². The van der Waals surface area contributed by atoms with Crippen LogP contribution >= 0.6 is 0 Å². The van der Waals surface area contributed by atoms with Gasteiger partial charge in [0, 0.05) is 5.56 Å². The third-order valence-electron chi connectivity index (χ3n) is 5.15. The Balaban J connectivity index is 1.80. The molecule has 2 aromatic rings. The van der Waals surface area contributed by atoms with Crippen LogP contribution in [0.3, 0.4) is 0 Å². The van der Waals surface area contributed by atoms with E-state index in [4.69, 9.17) is 14.2 Å². The van der Waals surface area contributed by atoms with Crippen LogP contribution in [0.4, 0.5) is 0 Å². The first-order valence-corrected chi connectivity index (χ1v) is 9.30. The van der Waals surface area contributed by atoms with Crippen LogP contribution in [-0.4, -0.2) is 27.2 Å². The summed E-state index contributed by atoms with van der Waals surface area (Å²) in [7, 11) is 4.61. The molecule has 5 nitrogen and oxygen atoms in total. The zero-order chi connectivity index (χ0) is 19.4. The normalized spacial score (nSPS) is 14.1. The van der Waals surface area contributed by atoms with E-state index in [1.807, 2.05) is 6.92 Å². The summed E-state index contributed by atoms with van der Waals surface area (Å²) in [6.07, 6.45) is 4.78. The molecule has 5 heteroatoms. The lowest BCUT2D eigenvalue weighted by atomic mass is 9.89. The number of nitrogens with one attached hydrogen (secondary N) is 1. The highest BCUT2D eigenvalue weighted by Crippen LogP contribution is 2.38. The van der Waals surface area contributed by atoms with Crippen molar-refractivity contribution < 1.29 is 19.0 Å². The van der Waals surface area contributed by atoms with Gasteiger partial charge >= 0.3 is 0 Å². The maximum Gasteiger partial charge on any atom is 0.252 e. The van der Waals surface area contributed by atoms with Gasteiger partial charge in [-0.1, -0.05) is 18.2 Å². The molecule has 0 unspecified atom stereocenters. The summed E-state index contributed by atoms with van der Waals surface area (Å²) >= 11 is 0. The Hall–Kier alpha value is -2.69. The van der Waals surface area contributed by atoms with E-state index in [1.165, 1.54) is 45.3 Å². The van der Waals surface area contributed by atoms with E-state index in [-0.39, 0.29) is 11.9 Å². The Morgan fingerprint density at radius 1 is 0.926 bits per heavy atom. The number of rotatable bonds is 6. The van der Waals surface area contributed by atoms with Crippen LogP contribution in [0.2, 0.25) is 0 Å². The molecular weight excluding hydrogens is 342 g/mol. The summed E-state index contributed by atoms with van der Waals surface area (Å²) in [4.78, 5) is 12.8. The van der Waals surface area contributed by atoms with Gasteiger partial charge in [-0.25, -0.2) is 0 Å². The largest absolute Gasteiger partial charge is 0.493 e. The van der Waals surface area contributed by atoms with Crippen LogP contribution in [0.15, 0.2) is 30.3 Å². The molecule has 27 heavy (non-hydrogen) atoms. The molecule has 1 aliphatic rings. The van der Waals surface area contributed by atoms with E-state index in [2.05, 4.69) is 23.5 Å². The molecule has 0 bridgehead atoms. The van der Waals surface area contributed by atoms with E-state index >= 15 is 0 Å². The molecule has 144 valence electrons. The van der Waals surface area contributed by atoms with Crippen molar-refractivity contribution in [2.45, 2.75) is 38.6 Å². The predicted molar refractivity (Wildman–Crippen MR) is 105 cm³/mol. The Bertz CT molecular complexity index is 806. The van der Waals surface area contributed by atoms with E-state index in [1.54, 1.807) is 12.1 Å². The highest BCUT2D eigenvalue weighted by molar-refractivity contribution is 5.95. The highest BCUT2D eigenvalue weighted by Gasteiger charge is 2.19. The van der Waals surface area contributed by atoms with Crippen molar-refractivity contribution >= 4 is 5.91 Å². The lowest BCUT2D eigenvalue weighted by molar-refractivity contribution is 0.0939. The van der Waals surface area contributed by atoms with Gasteiger partial charge in [0.1, 0.15) is 0 Å². The number of hydrogen-bond donors (Lipinski definition) is 1. The molecular formula is C22H27NO4. The number of methoxy groups -OCH3 is 3. The number of benzene rings is 2. The zero-order valence-electron chi connectivity index (χ0n) is 16.4. The van der Waals surface area contributed by atoms with Crippen molar-refractivity contribution in [2.75, 3.05) is 21.3 Å². The number of fused-ring (bicyclic) bond motifs is 1. The highest BCUT2D eigenvalue weighted by atomic mass is 16.5. The molecule has 1 N–H and O–H groups in total. The molecule has 0 saturated heterocycles. The van der Waals surface area contributed by atoms with Crippen molar-refractivity contribution in [3.8, 4) is 17.2 Å². The average Bonchev–Trinajstić information content (AvgIpc) is 2.71. The standard InChI is InChI=1S/C22H27NO4/c1-14(16-10-9-15-7-5-6-8-17(15)11-16)23-22(24)18-12-19(25-2)21(27-4)20(13-18)26-3/h9-14H,5-8H2,1-4H3,(H,23,24)/t14-/m1/s1.